The van der Waals surface area contributed by atoms with Gasteiger partial charge >= 0.3 is 0 Å². The molecular weight excluding hydrogens is 230 g/mol. The second kappa shape index (κ2) is 3.50. The van der Waals surface area contributed by atoms with Crippen molar-refractivity contribution in [1.29, 1.82) is 0 Å². The van der Waals surface area contributed by atoms with Gasteiger partial charge in [0.05, 0.1) is 5.69 Å². The molecule has 3 heteroatoms. The van der Waals surface area contributed by atoms with Crippen LogP contribution in [0.15, 0.2) is 22.7 Å². The topological polar surface area (TPSA) is 29.1 Å². The average Bonchev–Trinajstić information content (AvgIpc) is 2.28. The summed E-state index contributed by atoms with van der Waals surface area (Å²) in [6.07, 6.45) is 2.55. The minimum Gasteiger partial charge on any atom is -0.325 e. The Kier molecular flexibility index (Phi) is 2.36. The number of aryl methyl sites for hydroxylation is 1. The summed E-state index contributed by atoms with van der Waals surface area (Å²) in [4.78, 5) is 11.3. The number of hydrogen-bond donors (Lipinski definition) is 1. The third-order valence-corrected chi connectivity index (χ3v) is 2.88. The third-order valence-electron chi connectivity index (χ3n) is 2.21. The van der Waals surface area contributed by atoms with Crippen molar-refractivity contribution in [3.63, 3.8) is 0 Å². The molecule has 0 spiro atoms. The predicted molar refractivity (Wildman–Crippen MR) is 55.7 cm³/mol. The molecule has 1 heterocycles. The van der Waals surface area contributed by atoms with Crippen LogP contribution < -0.4 is 5.32 Å². The van der Waals surface area contributed by atoms with Crippen molar-refractivity contribution in [2.45, 2.75) is 19.3 Å². The second-order valence-corrected chi connectivity index (χ2v) is 4.03. The summed E-state index contributed by atoms with van der Waals surface area (Å²) in [5, 5.41) is 2.90. The first-order valence-corrected chi connectivity index (χ1v) is 5.14. The van der Waals surface area contributed by atoms with Crippen molar-refractivity contribution >= 4 is 27.5 Å². The first-order valence-electron chi connectivity index (χ1n) is 4.34. The zero-order valence-electron chi connectivity index (χ0n) is 7.14. The monoisotopic (exact) mass is 239 g/mol. The number of hydrogen-bond acceptors (Lipinski definition) is 1. The van der Waals surface area contributed by atoms with Gasteiger partial charge < -0.3 is 5.32 Å². The number of benzene rings is 1. The lowest BCUT2D eigenvalue weighted by Gasteiger charge is -2.07. The molecule has 0 aliphatic carbocycles. The number of fused-ring (bicyclic) bond motifs is 1. The average molecular weight is 240 g/mol. The predicted octanol–water partition coefficient (Wildman–Crippen LogP) is 2.72. The maximum absolute atomic E-state index is 11.3. The number of amides is 1. The number of carbonyl (C=O) groups excluding carboxylic acids is 1. The molecule has 1 aliphatic heterocycles. The molecule has 0 unspecified atom stereocenters. The third kappa shape index (κ3) is 1.75. The van der Waals surface area contributed by atoms with Crippen molar-refractivity contribution in [2.24, 2.45) is 0 Å². The van der Waals surface area contributed by atoms with E-state index in [1.165, 1.54) is 5.56 Å². The molecule has 1 amide bonds. The maximum atomic E-state index is 11.3. The Morgan fingerprint density at radius 3 is 3.00 bits per heavy atom. The molecule has 0 aromatic heterocycles. The highest BCUT2D eigenvalue weighted by Gasteiger charge is 2.14. The van der Waals surface area contributed by atoms with Crippen molar-refractivity contribution in [2.75, 3.05) is 5.32 Å². The Labute approximate surface area is 85.5 Å². The van der Waals surface area contributed by atoms with Crippen LogP contribution in [-0.4, -0.2) is 5.91 Å². The lowest BCUT2D eigenvalue weighted by molar-refractivity contribution is -0.116. The zero-order chi connectivity index (χ0) is 9.26. The molecule has 1 N–H and O–H groups in total. The number of carbonyl (C=O) groups is 1. The Bertz CT molecular complexity index is 349. The standard InChI is InChI=1S/C10H10BrNO/c11-8-5-1-3-7-4-2-6-9(13)12-10(7)8/h1,3,5H,2,4,6H2,(H,12,13). The first kappa shape index (κ1) is 8.75. The van der Waals surface area contributed by atoms with Gasteiger partial charge in [0.2, 0.25) is 5.91 Å². The zero-order valence-corrected chi connectivity index (χ0v) is 8.73. The summed E-state index contributed by atoms with van der Waals surface area (Å²) < 4.78 is 0.972. The van der Waals surface area contributed by atoms with Gasteiger partial charge in [-0.3, -0.25) is 4.79 Å². The minimum atomic E-state index is 0.116. The molecule has 1 aromatic carbocycles. The summed E-state index contributed by atoms with van der Waals surface area (Å²) in [6, 6.07) is 6.01. The van der Waals surface area contributed by atoms with Gasteiger partial charge in [0, 0.05) is 10.9 Å². The van der Waals surface area contributed by atoms with Crippen LogP contribution in [-0.2, 0) is 11.2 Å². The highest BCUT2D eigenvalue weighted by Crippen LogP contribution is 2.29. The van der Waals surface area contributed by atoms with E-state index in [4.69, 9.17) is 0 Å². The number of anilines is 1. The van der Waals surface area contributed by atoms with Crippen LogP contribution in [0.3, 0.4) is 0 Å². The van der Waals surface area contributed by atoms with Crippen molar-refractivity contribution in [3.8, 4) is 0 Å². The van der Waals surface area contributed by atoms with Gasteiger partial charge in [-0.15, -0.1) is 0 Å². The molecule has 0 atom stereocenters. The fourth-order valence-electron chi connectivity index (χ4n) is 1.56. The van der Waals surface area contributed by atoms with E-state index in [1.54, 1.807) is 0 Å². The number of halogens is 1. The van der Waals surface area contributed by atoms with Crippen LogP contribution in [0.2, 0.25) is 0 Å². The highest BCUT2D eigenvalue weighted by atomic mass is 79.9. The van der Waals surface area contributed by atoms with Crippen molar-refractivity contribution in [3.05, 3.63) is 28.2 Å². The fraction of sp³-hybridized carbons (Fsp3) is 0.300. The molecule has 1 aromatic rings. The maximum Gasteiger partial charge on any atom is 0.224 e. The molecule has 1 aliphatic rings. The van der Waals surface area contributed by atoms with E-state index in [0.29, 0.717) is 6.42 Å². The summed E-state index contributed by atoms with van der Waals surface area (Å²) in [5.74, 6) is 0.116. The Hall–Kier alpha value is -0.830. The number of para-hydroxylation sites is 1. The SMILES string of the molecule is O=C1CCCc2cccc(Br)c2N1. The van der Waals surface area contributed by atoms with Gasteiger partial charge in [-0.2, -0.15) is 0 Å². The Balaban J connectivity index is 2.46. The largest absolute Gasteiger partial charge is 0.325 e. The van der Waals surface area contributed by atoms with Crippen LogP contribution in [0.4, 0.5) is 5.69 Å². The van der Waals surface area contributed by atoms with Crippen LogP contribution in [0, 0.1) is 0 Å². The van der Waals surface area contributed by atoms with Gasteiger partial charge in [-0.25, -0.2) is 0 Å². The molecule has 0 bridgehead atoms. The van der Waals surface area contributed by atoms with Gasteiger partial charge in [0.25, 0.3) is 0 Å². The van der Waals surface area contributed by atoms with E-state index in [2.05, 4.69) is 27.3 Å². The Morgan fingerprint density at radius 2 is 2.15 bits per heavy atom. The number of nitrogens with one attached hydrogen (secondary N) is 1. The van der Waals surface area contributed by atoms with E-state index in [-0.39, 0.29) is 5.91 Å². The van der Waals surface area contributed by atoms with E-state index >= 15 is 0 Å². The Morgan fingerprint density at radius 1 is 1.31 bits per heavy atom. The quantitative estimate of drug-likeness (QED) is 0.742. The molecule has 0 saturated heterocycles. The van der Waals surface area contributed by atoms with E-state index in [0.717, 1.165) is 23.0 Å². The van der Waals surface area contributed by atoms with E-state index < -0.39 is 0 Å². The molecule has 2 nitrogen and oxygen atoms in total. The summed E-state index contributed by atoms with van der Waals surface area (Å²) >= 11 is 3.43. The first-order chi connectivity index (χ1) is 6.27. The lowest BCUT2D eigenvalue weighted by Crippen LogP contribution is -2.09. The number of rotatable bonds is 0. The van der Waals surface area contributed by atoms with Crippen LogP contribution >= 0.6 is 15.9 Å². The van der Waals surface area contributed by atoms with Crippen molar-refractivity contribution in [1.82, 2.24) is 0 Å². The van der Waals surface area contributed by atoms with Crippen LogP contribution in [0.1, 0.15) is 18.4 Å². The van der Waals surface area contributed by atoms with Gasteiger partial charge in [0.1, 0.15) is 0 Å². The lowest BCUT2D eigenvalue weighted by atomic mass is 10.1. The molecule has 68 valence electrons. The van der Waals surface area contributed by atoms with Gasteiger partial charge in [-0.05, 0) is 40.4 Å². The fourth-order valence-corrected chi connectivity index (χ4v) is 2.06. The molecule has 0 fully saturated rings. The summed E-state index contributed by atoms with van der Waals surface area (Å²) in [7, 11) is 0. The van der Waals surface area contributed by atoms with Crippen LogP contribution in [0.5, 0.6) is 0 Å². The van der Waals surface area contributed by atoms with Gasteiger partial charge in [0.15, 0.2) is 0 Å². The van der Waals surface area contributed by atoms with E-state index in [1.807, 2.05) is 12.1 Å². The molecule has 2 rings (SSSR count). The second-order valence-electron chi connectivity index (χ2n) is 3.18. The molecule has 0 radical (unpaired) electrons. The molecule has 13 heavy (non-hydrogen) atoms. The molecular formula is C10H10BrNO. The van der Waals surface area contributed by atoms with Gasteiger partial charge in [-0.1, -0.05) is 12.1 Å². The van der Waals surface area contributed by atoms with E-state index in [9.17, 15) is 4.79 Å². The van der Waals surface area contributed by atoms with Crippen LogP contribution in [0.25, 0.3) is 0 Å². The summed E-state index contributed by atoms with van der Waals surface area (Å²) in [5.41, 5.74) is 2.17. The minimum absolute atomic E-state index is 0.116. The van der Waals surface area contributed by atoms with Crippen molar-refractivity contribution < 1.29 is 4.79 Å². The normalized spacial score (nSPS) is 15.9. The smallest absolute Gasteiger partial charge is 0.224 e. The molecule has 0 saturated carbocycles. The summed E-state index contributed by atoms with van der Waals surface area (Å²) in [6.45, 7) is 0. The highest BCUT2D eigenvalue weighted by molar-refractivity contribution is 9.10.